The van der Waals surface area contributed by atoms with Gasteiger partial charge in [-0.1, -0.05) is 23.2 Å². The number of halogens is 2. The van der Waals surface area contributed by atoms with Crippen molar-refractivity contribution in [2.75, 3.05) is 13.6 Å². The van der Waals surface area contributed by atoms with Gasteiger partial charge in [-0.25, -0.2) is 4.98 Å². The molecule has 0 saturated heterocycles. The molecule has 0 bridgehead atoms. The molecule has 9 heteroatoms. The maximum atomic E-state index is 12.4. The van der Waals surface area contributed by atoms with E-state index in [0.29, 0.717) is 22.2 Å². The van der Waals surface area contributed by atoms with Gasteiger partial charge in [0.2, 0.25) is 5.91 Å². The number of nitrogens with zero attached hydrogens (tertiary/aromatic N) is 3. The fourth-order valence-corrected chi connectivity index (χ4v) is 3.83. The van der Waals surface area contributed by atoms with E-state index in [1.54, 1.807) is 35.4 Å². The topological polar surface area (TPSA) is 66.7 Å². The van der Waals surface area contributed by atoms with Crippen LogP contribution in [-0.4, -0.2) is 39.7 Å². The van der Waals surface area contributed by atoms with Crippen LogP contribution in [0.4, 0.5) is 0 Å². The highest BCUT2D eigenvalue weighted by molar-refractivity contribution is 7.17. The lowest BCUT2D eigenvalue weighted by Crippen LogP contribution is -2.38. The first kappa shape index (κ1) is 19.7. The van der Waals surface area contributed by atoms with E-state index in [2.05, 4.69) is 10.3 Å². The van der Waals surface area contributed by atoms with Crippen molar-refractivity contribution < 1.29 is 9.59 Å². The summed E-state index contributed by atoms with van der Waals surface area (Å²) >= 11 is 13.4. The van der Waals surface area contributed by atoms with Gasteiger partial charge in [0.1, 0.15) is 0 Å². The van der Waals surface area contributed by atoms with E-state index in [0.717, 1.165) is 21.2 Å². The molecule has 1 N–H and O–H groups in total. The van der Waals surface area contributed by atoms with Gasteiger partial charge in [-0.05, 0) is 32.0 Å². The molecule has 0 fully saturated rings. The zero-order valence-corrected chi connectivity index (χ0v) is 17.4. The Morgan fingerprint density at radius 3 is 2.70 bits per heavy atom. The van der Waals surface area contributed by atoms with Crippen molar-refractivity contribution in [1.82, 2.24) is 19.6 Å². The number of thiazole rings is 1. The fraction of sp³-hybridized carbons (Fsp3) is 0.278. The number of benzene rings is 1. The molecular formula is C18H18Cl2N4O2S. The molecule has 6 nitrogen and oxygen atoms in total. The summed E-state index contributed by atoms with van der Waals surface area (Å²) in [5.74, 6) is -0.587. The predicted octanol–water partition coefficient (Wildman–Crippen LogP) is 3.71. The largest absolute Gasteiger partial charge is 0.343 e. The summed E-state index contributed by atoms with van der Waals surface area (Å²) < 4.78 is 2.01. The molecule has 142 valence electrons. The molecule has 0 aliphatic carbocycles. The number of nitrogens with one attached hydrogen (secondary N) is 1. The third-order valence-corrected chi connectivity index (χ3v) is 5.77. The minimum atomic E-state index is -0.383. The number of hydrogen-bond acceptors (Lipinski definition) is 4. The second-order valence-corrected chi connectivity index (χ2v) is 8.23. The lowest BCUT2D eigenvalue weighted by molar-refractivity contribution is -0.129. The molecule has 0 atom stereocenters. The van der Waals surface area contributed by atoms with Crippen LogP contribution < -0.4 is 5.32 Å². The first-order valence-electron chi connectivity index (χ1n) is 8.17. The average molecular weight is 425 g/mol. The second-order valence-electron chi connectivity index (χ2n) is 6.20. The third-order valence-electron chi connectivity index (χ3n) is 4.14. The zero-order valence-electron chi connectivity index (χ0n) is 15.0. The van der Waals surface area contributed by atoms with Gasteiger partial charge in [-0.15, -0.1) is 11.3 Å². The summed E-state index contributed by atoms with van der Waals surface area (Å²) in [4.78, 5) is 32.8. The predicted molar refractivity (Wildman–Crippen MR) is 108 cm³/mol. The summed E-state index contributed by atoms with van der Waals surface area (Å²) in [5.41, 5.74) is 2.20. The van der Waals surface area contributed by atoms with Crippen molar-refractivity contribution in [3.05, 3.63) is 56.3 Å². The van der Waals surface area contributed by atoms with Crippen LogP contribution in [0.3, 0.4) is 0 Å². The quantitative estimate of drug-likeness (QED) is 0.678. The Balaban J connectivity index is 1.62. The normalized spacial score (nSPS) is 11.0. The molecule has 0 aliphatic rings. The number of carbonyl (C=O) groups excluding carboxylic acids is 2. The standard InChI is InChI=1S/C18H18Cl2N4O2S/c1-10-8-24-15(11(2)22-18(24)27-10)9-23(3)16(25)7-21-17(26)12-4-5-13(19)14(20)6-12/h4-6,8H,7,9H2,1-3H3,(H,21,26). The van der Waals surface area contributed by atoms with Crippen molar-refractivity contribution in [3.63, 3.8) is 0 Å². The number of fused-ring (bicyclic) bond motifs is 1. The highest BCUT2D eigenvalue weighted by Crippen LogP contribution is 2.23. The van der Waals surface area contributed by atoms with Gasteiger partial charge in [0.05, 0.1) is 34.5 Å². The van der Waals surface area contributed by atoms with E-state index in [-0.39, 0.29) is 18.4 Å². The Labute approximate surface area is 170 Å². The van der Waals surface area contributed by atoms with Gasteiger partial charge in [0.15, 0.2) is 4.96 Å². The highest BCUT2D eigenvalue weighted by Gasteiger charge is 2.17. The molecular weight excluding hydrogens is 407 g/mol. The van der Waals surface area contributed by atoms with E-state index in [1.165, 1.54) is 6.07 Å². The van der Waals surface area contributed by atoms with Crippen molar-refractivity contribution >= 4 is 51.3 Å². The summed E-state index contributed by atoms with van der Waals surface area (Å²) in [6.07, 6.45) is 2.01. The number of amides is 2. The summed E-state index contributed by atoms with van der Waals surface area (Å²) in [6.45, 7) is 4.24. The van der Waals surface area contributed by atoms with Crippen LogP contribution in [0.2, 0.25) is 10.0 Å². The van der Waals surface area contributed by atoms with Crippen LogP contribution in [0.1, 0.15) is 26.6 Å². The number of likely N-dealkylation sites (N-methyl/N-ethyl adjacent to an activating group) is 1. The van der Waals surface area contributed by atoms with E-state index in [9.17, 15) is 9.59 Å². The number of imidazole rings is 1. The monoisotopic (exact) mass is 424 g/mol. The average Bonchev–Trinajstić information content (AvgIpc) is 3.11. The van der Waals surface area contributed by atoms with Crippen molar-refractivity contribution in [2.45, 2.75) is 20.4 Å². The Bertz CT molecular complexity index is 1030. The fourth-order valence-electron chi connectivity index (χ4n) is 2.64. The Hall–Kier alpha value is -2.09. The minimum Gasteiger partial charge on any atom is -0.343 e. The van der Waals surface area contributed by atoms with E-state index < -0.39 is 0 Å². The van der Waals surface area contributed by atoms with Gasteiger partial charge in [-0.3, -0.25) is 14.0 Å². The molecule has 1 aromatic carbocycles. The first-order valence-corrected chi connectivity index (χ1v) is 9.74. The molecule has 0 radical (unpaired) electrons. The van der Waals surface area contributed by atoms with Crippen molar-refractivity contribution in [2.24, 2.45) is 0 Å². The highest BCUT2D eigenvalue weighted by atomic mass is 35.5. The number of carbonyl (C=O) groups is 2. The molecule has 2 heterocycles. The molecule has 0 unspecified atom stereocenters. The van der Waals surface area contributed by atoms with Crippen LogP contribution in [0.15, 0.2) is 24.4 Å². The molecule has 0 spiro atoms. The van der Waals surface area contributed by atoms with Crippen LogP contribution in [0, 0.1) is 13.8 Å². The molecule has 0 saturated carbocycles. The first-order chi connectivity index (χ1) is 12.8. The Morgan fingerprint density at radius 1 is 1.26 bits per heavy atom. The van der Waals surface area contributed by atoms with Crippen molar-refractivity contribution in [3.8, 4) is 0 Å². The van der Waals surface area contributed by atoms with Crippen LogP contribution in [0.5, 0.6) is 0 Å². The number of aryl methyl sites for hydroxylation is 2. The van der Waals surface area contributed by atoms with Crippen LogP contribution >= 0.6 is 34.5 Å². The van der Waals surface area contributed by atoms with E-state index >= 15 is 0 Å². The van der Waals surface area contributed by atoms with Gasteiger partial charge in [0, 0.05) is 23.7 Å². The number of hydrogen-bond donors (Lipinski definition) is 1. The smallest absolute Gasteiger partial charge is 0.251 e. The molecule has 2 aromatic heterocycles. The second kappa shape index (κ2) is 7.88. The maximum Gasteiger partial charge on any atom is 0.251 e. The van der Waals surface area contributed by atoms with Crippen molar-refractivity contribution in [1.29, 1.82) is 0 Å². The van der Waals surface area contributed by atoms with E-state index in [4.69, 9.17) is 23.2 Å². The van der Waals surface area contributed by atoms with Gasteiger partial charge < -0.3 is 10.2 Å². The molecule has 27 heavy (non-hydrogen) atoms. The molecule has 2 amide bonds. The SMILES string of the molecule is Cc1cn2c(CN(C)C(=O)CNC(=O)c3ccc(Cl)c(Cl)c3)c(C)nc2s1. The minimum absolute atomic E-state index is 0.112. The lowest BCUT2D eigenvalue weighted by Gasteiger charge is -2.17. The number of rotatable bonds is 5. The van der Waals surface area contributed by atoms with Gasteiger partial charge in [-0.2, -0.15) is 0 Å². The van der Waals surface area contributed by atoms with E-state index in [1.807, 2.05) is 24.4 Å². The van der Waals surface area contributed by atoms with Crippen LogP contribution in [0.25, 0.3) is 4.96 Å². The lowest BCUT2D eigenvalue weighted by atomic mass is 10.2. The summed E-state index contributed by atoms with van der Waals surface area (Å²) in [6, 6.07) is 4.57. The van der Waals surface area contributed by atoms with Gasteiger partial charge in [0.25, 0.3) is 5.91 Å². The Morgan fingerprint density at radius 2 is 2.00 bits per heavy atom. The molecule has 3 rings (SSSR count). The summed E-state index contributed by atoms with van der Waals surface area (Å²) in [5, 5.41) is 3.27. The van der Waals surface area contributed by atoms with Crippen LogP contribution in [-0.2, 0) is 11.3 Å². The van der Waals surface area contributed by atoms with Gasteiger partial charge >= 0.3 is 0 Å². The third kappa shape index (κ3) is 4.26. The Kier molecular flexibility index (Phi) is 5.74. The molecule has 3 aromatic rings. The number of aromatic nitrogens is 2. The molecule has 0 aliphatic heterocycles. The zero-order chi connectivity index (χ0) is 19.7. The maximum absolute atomic E-state index is 12.4. The summed E-state index contributed by atoms with van der Waals surface area (Å²) in [7, 11) is 1.70.